The van der Waals surface area contributed by atoms with Crippen molar-refractivity contribution in [2.45, 2.75) is 25.9 Å². The monoisotopic (exact) mass is 343 g/mol. The topological polar surface area (TPSA) is 100 Å². The third kappa shape index (κ3) is 4.03. The maximum absolute atomic E-state index is 12.1. The average Bonchev–Trinajstić information content (AvgIpc) is 3.07. The van der Waals surface area contributed by atoms with E-state index in [-0.39, 0.29) is 18.2 Å². The Balaban J connectivity index is 1.73. The average molecular weight is 343 g/mol. The summed E-state index contributed by atoms with van der Waals surface area (Å²) in [5, 5.41) is 9.35. The lowest BCUT2D eigenvalue weighted by Crippen LogP contribution is -2.56. The van der Waals surface area contributed by atoms with Crippen LogP contribution in [-0.2, 0) is 16.1 Å². The molecule has 1 aliphatic rings. The highest BCUT2D eigenvalue weighted by Crippen LogP contribution is 2.19. The van der Waals surface area contributed by atoms with E-state index in [1.165, 1.54) is 0 Å². The van der Waals surface area contributed by atoms with Crippen LogP contribution in [0, 0.1) is 6.92 Å². The van der Waals surface area contributed by atoms with Gasteiger partial charge in [0, 0.05) is 25.7 Å². The zero-order valence-corrected chi connectivity index (χ0v) is 14.3. The van der Waals surface area contributed by atoms with Crippen molar-refractivity contribution in [1.29, 1.82) is 0 Å². The number of nitrogens with zero attached hydrogens (tertiary/aromatic N) is 3. The number of rotatable bonds is 5. The lowest BCUT2D eigenvalue weighted by Gasteiger charge is -2.33. The van der Waals surface area contributed by atoms with Gasteiger partial charge >= 0.3 is 0 Å². The van der Waals surface area contributed by atoms with Gasteiger partial charge in [0.05, 0.1) is 19.0 Å². The van der Waals surface area contributed by atoms with Crippen LogP contribution in [0.4, 0.5) is 0 Å². The summed E-state index contributed by atoms with van der Waals surface area (Å²) in [6.07, 6.45) is 0.102. The lowest BCUT2D eigenvalue weighted by molar-refractivity contribution is -0.134. The van der Waals surface area contributed by atoms with E-state index in [0.717, 1.165) is 11.1 Å². The van der Waals surface area contributed by atoms with Crippen LogP contribution in [0.15, 0.2) is 28.8 Å². The summed E-state index contributed by atoms with van der Waals surface area (Å²) in [5.41, 5.74) is 2.00. The summed E-state index contributed by atoms with van der Waals surface area (Å²) >= 11 is 0. The molecule has 3 rings (SSSR count). The molecule has 1 aliphatic heterocycles. The summed E-state index contributed by atoms with van der Waals surface area (Å²) in [5.74, 6) is 0.601. The molecule has 2 aromatic rings. The molecule has 0 radical (unpaired) electrons. The fourth-order valence-electron chi connectivity index (χ4n) is 2.76. The van der Waals surface area contributed by atoms with E-state index < -0.39 is 6.04 Å². The Hall–Kier alpha value is -2.74. The van der Waals surface area contributed by atoms with Crippen LogP contribution >= 0.6 is 0 Å². The van der Waals surface area contributed by atoms with Gasteiger partial charge in [-0.05, 0) is 19.1 Å². The van der Waals surface area contributed by atoms with Gasteiger partial charge in [-0.1, -0.05) is 22.9 Å². The SMILES string of the molecule is CNC(=O)C[C@@H]1C(=O)NCCN1Cc1noc(-c2ccc(C)cc2)n1. The minimum Gasteiger partial charge on any atom is -0.359 e. The molecule has 8 heteroatoms. The van der Waals surface area contributed by atoms with Crippen molar-refractivity contribution < 1.29 is 14.1 Å². The van der Waals surface area contributed by atoms with Gasteiger partial charge in [0.1, 0.15) is 0 Å². The van der Waals surface area contributed by atoms with Crippen LogP contribution in [0.3, 0.4) is 0 Å². The first-order chi connectivity index (χ1) is 12.1. The second-order valence-electron chi connectivity index (χ2n) is 6.04. The highest BCUT2D eigenvalue weighted by Gasteiger charge is 2.32. The molecule has 2 N–H and O–H groups in total. The zero-order chi connectivity index (χ0) is 17.8. The molecule has 0 spiro atoms. The first kappa shape index (κ1) is 17.1. The van der Waals surface area contributed by atoms with E-state index in [2.05, 4.69) is 20.8 Å². The Morgan fingerprint density at radius 3 is 2.88 bits per heavy atom. The van der Waals surface area contributed by atoms with Crippen molar-refractivity contribution in [3.05, 3.63) is 35.7 Å². The second-order valence-corrected chi connectivity index (χ2v) is 6.04. The first-order valence-corrected chi connectivity index (χ1v) is 8.19. The highest BCUT2D eigenvalue weighted by molar-refractivity contribution is 5.88. The fraction of sp³-hybridized carbons (Fsp3) is 0.412. The molecule has 2 heterocycles. The number of carbonyl (C=O) groups is 2. The third-order valence-corrected chi connectivity index (χ3v) is 4.21. The predicted octanol–water partition coefficient (Wildman–Crippen LogP) is 0.482. The number of benzene rings is 1. The number of hydrogen-bond donors (Lipinski definition) is 2. The largest absolute Gasteiger partial charge is 0.359 e. The number of amides is 2. The van der Waals surface area contributed by atoms with Gasteiger partial charge in [0.25, 0.3) is 5.89 Å². The van der Waals surface area contributed by atoms with Gasteiger partial charge in [-0.25, -0.2) is 0 Å². The molecule has 1 saturated heterocycles. The number of aromatic nitrogens is 2. The van der Waals surface area contributed by atoms with E-state index in [0.29, 0.717) is 31.3 Å². The van der Waals surface area contributed by atoms with Crippen LogP contribution in [0.2, 0.25) is 0 Å². The summed E-state index contributed by atoms with van der Waals surface area (Å²) < 4.78 is 5.33. The Morgan fingerprint density at radius 1 is 1.40 bits per heavy atom. The van der Waals surface area contributed by atoms with Crippen molar-refractivity contribution in [3.8, 4) is 11.5 Å². The Kier molecular flexibility index (Phi) is 5.08. The van der Waals surface area contributed by atoms with Gasteiger partial charge in [-0.15, -0.1) is 0 Å². The molecule has 0 unspecified atom stereocenters. The number of aryl methyl sites for hydroxylation is 1. The highest BCUT2D eigenvalue weighted by atomic mass is 16.5. The maximum Gasteiger partial charge on any atom is 0.257 e. The normalized spacial score (nSPS) is 18.0. The van der Waals surface area contributed by atoms with Gasteiger partial charge in [-0.3, -0.25) is 14.5 Å². The predicted molar refractivity (Wildman–Crippen MR) is 90.4 cm³/mol. The molecular weight excluding hydrogens is 322 g/mol. The summed E-state index contributed by atoms with van der Waals surface area (Å²) in [4.78, 5) is 30.1. The smallest absolute Gasteiger partial charge is 0.257 e. The maximum atomic E-state index is 12.1. The van der Waals surface area contributed by atoms with Crippen molar-refractivity contribution in [2.24, 2.45) is 0 Å². The van der Waals surface area contributed by atoms with Gasteiger partial charge < -0.3 is 15.2 Å². The fourth-order valence-corrected chi connectivity index (χ4v) is 2.76. The van der Waals surface area contributed by atoms with Crippen LogP contribution in [0.1, 0.15) is 17.8 Å². The van der Waals surface area contributed by atoms with Gasteiger partial charge in [-0.2, -0.15) is 4.98 Å². The molecule has 1 aromatic heterocycles. The summed E-state index contributed by atoms with van der Waals surface area (Å²) in [6.45, 7) is 3.52. The van der Waals surface area contributed by atoms with Crippen LogP contribution in [-0.4, -0.2) is 53.0 Å². The number of hydrogen-bond acceptors (Lipinski definition) is 6. The third-order valence-electron chi connectivity index (χ3n) is 4.21. The van der Waals surface area contributed by atoms with Gasteiger partial charge in [0.2, 0.25) is 11.8 Å². The number of carbonyl (C=O) groups excluding carboxylic acids is 2. The van der Waals surface area contributed by atoms with Crippen molar-refractivity contribution >= 4 is 11.8 Å². The quantitative estimate of drug-likeness (QED) is 0.819. The zero-order valence-electron chi connectivity index (χ0n) is 14.3. The van der Waals surface area contributed by atoms with Crippen molar-refractivity contribution in [2.75, 3.05) is 20.1 Å². The first-order valence-electron chi connectivity index (χ1n) is 8.19. The van der Waals surface area contributed by atoms with Crippen LogP contribution in [0.25, 0.3) is 11.5 Å². The van der Waals surface area contributed by atoms with Crippen molar-refractivity contribution in [1.82, 2.24) is 25.7 Å². The molecule has 1 atom stereocenters. The molecule has 0 saturated carbocycles. The van der Waals surface area contributed by atoms with Crippen molar-refractivity contribution in [3.63, 3.8) is 0 Å². The summed E-state index contributed by atoms with van der Waals surface area (Å²) in [6, 6.07) is 7.28. The Bertz CT molecular complexity index is 756. The Labute approximate surface area is 145 Å². The van der Waals surface area contributed by atoms with Gasteiger partial charge in [0.15, 0.2) is 5.82 Å². The molecule has 8 nitrogen and oxygen atoms in total. The van der Waals surface area contributed by atoms with E-state index >= 15 is 0 Å². The van der Waals surface area contributed by atoms with E-state index in [1.807, 2.05) is 36.1 Å². The molecule has 0 bridgehead atoms. The molecular formula is C17H21N5O3. The Morgan fingerprint density at radius 2 is 2.16 bits per heavy atom. The number of piperazine rings is 1. The molecule has 0 aliphatic carbocycles. The molecule has 2 amide bonds. The van der Waals surface area contributed by atoms with E-state index in [9.17, 15) is 9.59 Å². The molecule has 132 valence electrons. The molecule has 25 heavy (non-hydrogen) atoms. The standard InChI is InChI=1S/C17H21N5O3/c1-11-3-5-12(6-4-11)17-20-14(21-25-17)10-22-8-7-19-16(24)13(22)9-15(23)18-2/h3-6,13H,7-10H2,1-2H3,(H,18,23)(H,19,24)/t13-/m1/s1. The molecule has 1 aromatic carbocycles. The lowest BCUT2D eigenvalue weighted by atomic mass is 10.1. The molecule has 1 fully saturated rings. The minimum absolute atomic E-state index is 0.102. The second kappa shape index (κ2) is 7.43. The number of nitrogens with one attached hydrogen (secondary N) is 2. The van der Waals surface area contributed by atoms with Crippen LogP contribution < -0.4 is 10.6 Å². The van der Waals surface area contributed by atoms with E-state index in [4.69, 9.17) is 4.52 Å². The van der Waals surface area contributed by atoms with E-state index in [1.54, 1.807) is 7.05 Å². The minimum atomic E-state index is -0.532. The van der Waals surface area contributed by atoms with Crippen LogP contribution in [0.5, 0.6) is 0 Å². The summed E-state index contributed by atoms with van der Waals surface area (Å²) in [7, 11) is 1.56.